The molecule has 8 heteroatoms. The normalized spacial score (nSPS) is 24.7. The highest BCUT2D eigenvalue weighted by atomic mass is 16.2. The van der Waals surface area contributed by atoms with Crippen LogP contribution in [0.3, 0.4) is 0 Å². The Morgan fingerprint density at radius 2 is 1.81 bits per heavy atom. The number of nitrogens with zero attached hydrogens (tertiary/aromatic N) is 4. The van der Waals surface area contributed by atoms with Crippen LogP contribution in [0.1, 0.15) is 62.4 Å². The molecule has 0 radical (unpaired) electrons. The zero-order chi connectivity index (χ0) is 19.1. The molecule has 0 aliphatic carbocycles. The van der Waals surface area contributed by atoms with Gasteiger partial charge in [0.1, 0.15) is 11.4 Å². The van der Waals surface area contributed by atoms with Gasteiger partial charge in [0, 0.05) is 39.1 Å². The molecule has 0 bridgehead atoms. The number of hydrogen-bond acceptors (Lipinski definition) is 5. The first-order valence-electron chi connectivity index (χ1n) is 10.1. The van der Waals surface area contributed by atoms with E-state index in [2.05, 4.69) is 34.7 Å². The molecule has 4 heterocycles. The van der Waals surface area contributed by atoms with Gasteiger partial charge in [0.15, 0.2) is 0 Å². The third-order valence-corrected chi connectivity index (χ3v) is 6.27. The molecule has 2 N–H and O–H groups in total. The fourth-order valence-corrected chi connectivity index (χ4v) is 4.32. The lowest BCUT2D eigenvalue weighted by Crippen LogP contribution is -2.61. The summed E-state index contributed by atoms with van der Waals surface area (Å²) >= 11 is 0. The van der Waals surface area contributed by atoms with Gasteiger partial charge < -0.3 is 20.1 Å². The van der Waals surface area contributed by atoms with Crippen molar-refractivity contribution in [3.63, 3.8) is 0 Å². The second kappa shape index (κ2) is 6.89. The van der Waals surface area contributed by atoms with Gasteiger partial charge in [-0.1, -0.05) is 20.3 Å². The van der Waals surface area contributed by atoms with Crippen LogP contribution in [0, 0.1) is 5.41 Å². The van der Waals surface area contributed by atoms with Crippen LogP contribution in [0.4, 0.5) is 0 Å². The number of amides is 2. The molecular weight excluding hydrogens is 344 g/mol. The Morgan fingerprint density at radius 1 is 1.04 bits per heavy atom. The Labute approximate surface area is 160 Å². The van der Waals surface area contributed by atoms with Crippen molar-refractivity contribution in [2.75, 3.05) is 26.2 Å². The van der Waals surface area contributed by atoms with Gasteiger partial charge in [0.05, 0.1) is 0 Å². The lowest BCUT2D eigenvalue weighted by Gasteiger charge is -2.40. The molecule has 1 spiro atoms. The Kier molecular flexibility index (Phi) is 4.70. The quantitative estimate of drug-likeness (QED) is 0.756. The van der Waals surface area contributed by atoms with E-state index in [-0.39, 0.29) is 17.2 Å². The highest BCUT2D eigenvalue weighted by Gasteiger charge is 2.45. The van der Waals surface area contributed by atoms with E-state index in [4.69, 9.17) is 0 Å². The zero-order valence-electron chi connectivity index (χ0n) is 16.4. The minimum atomic E-state index is -0.563. The summed E-state index contributed by atoms with van der Waals surface area (Å²) in [4.78, 5) is 27.6. The van der Waals surface area contributed by atoms with E-state index in [1.54, 1.807) is 0 Å². The van der Waals surface area contributed by atoms with Crippen molar-refractivity contribution in [1.82, 2.24) is 30.3 Å². The molecule has 3 aliphatic rings. The highest BCUT2D eigenvalue weighted by molar-refractivity contribution is 5.92. The number of carbonyl (C=O) groups excluding carboxylic acids is 2. The van der Waals surface area contributed by atoms with E-state index in [1.165, 1.54) is 6.42 Å². The molecular formula is C19H30N6O2. The summed E-state index contributed by atoms with van der Waals surface area (Å²) in [6.45, 7) is 7.69. The Bertz CT molecular complexity index is 733. The highest BCUT2D eigenvalue weighted by Crippen LogP contribution is 2.28. The monoisotopic (exact) mass is 374 g/mol. The van der Waals surface area contributed by atoms with Gasteiger partial charge >= 0.3 is 0 Å². The molecule has 2 saturated heterocycles. The minimum absolute atomic E-state index is 0.0329. The van der Waals surface area contributed by atoms with Crippen molar-refractivity contribution >= 4 is 11.8 Å². The minimum Gasteiger partial charge on any atom is -0.354 e. The van der Waals surface area contributed by atoms with Crippen LogP contribution in [0.2, 0.25) is 0 Å². The molecule has 2 amide bonds. The Hall–Kier alpha value is -1.96. The maximum atomic E-state index is 13.1. The lowest BCUT2D eigenvalue weighted by atomic mass is 9.86. The van der Waals surface area contributed by atoms with Gasteiger partial charge in [-0.3, -0.25) is 9.59 Å². The van der Waals surface area contributed by atoms with E-state index < -0.39 is 5.54 Å². The third-order valence-electron chi connectivity index (χ3n) is 6.27. The lowest BCUT2D eigenvalue weighted by molar-refractivity contribution is -0.128. The number of nitrogens with one attached hydrogen (secondary N) is 2. The molecule has 1 aromatic heterocycles. The maximum Gasteiger partial charge on any atom is 0.291 e. The molecule has 3 aliphatic heterocycles. The summed E-state index contributed by atoms with van der Waals surface area (Å²) in [5.74, 6) is 1.40. The number of piperidine rings is 1. The van der Waals surface area contributed by atoms with Crippen molar-refractivity contribution in [3.05, 3.63) is 11.6 Å². The predicted molar refractivity (Wildman–Crippen MR) is 100 cm³/mol. The average Bonchev–Trinajstić information content (AvgIpc) is 2.86. The molecule has 0 saturated carbocycles. The standard InChI is InChI=1S/C19H30N6O2/c1-18(2)12-20-17(27)19(21-13-18)7-10-24(11-8-19)16(26)15-23-22-14-6-4-3-5-9-25(14)15/h21H,3-13H2,1-2H3,(H,20,27). The van der Waals surface area contributed by atoms with E-state index in [0.717, 1.165) is 38.2 Å². The number of likely N-dealkylation sites (tertiary alicyclic amines) is 1. The van der Waals surface area contributed by atoms with Crippen LogP contribution in [0.5, 0.6) is 0 Å². The van der Waals surface area contributed by atoms with Crippen LogP contribution >= 0.6 is 0 Å². The molecule has 0 atom stereocenters. The third kappa shape index (κ3) is 3.47. The molecule has 2 fully saturated rings. The summed E-state index contributed by atoms with van der Waals surface area (Å²) < 4.78 is 2.00. The number of aryl methyl sites for hydroxylation is 1. The molecule has 148 valence electrons. The number of fused-ring (bicyclic) bond motifs is 1. The Balaban J connectivity index is 1.46. The second-order valence-electron chi connectivity index (χ2n) is 8.98. The molecule has 0 unspecified atom stereocenters. The SMILES string of the molecule is CC1(C)CNC(=O)C2(CCN(C(=O)c3nnc4n3CCCCC4)CC2)NC1. The van der Waals surface area contributed by atoms with Crippen LogP contribution in [-0.2, 0) is 17.8 Å². The first-order valence-corrected chi connectivity index (χ1v) is 10.1. The fraction of sp³-hybridized carbons (Fsp3) is 0.789. The van der Waals surface area contributed by atoms with E-state index in [9.17, 15) is 9.59 Å². The molecule has 27 heavy (non-hydrogen) atoms. The maximum absolute atomic E-state index is 13.1. The van der Waals surface area contributed by atoms with Crippen LogP contribution in [0.15, 0.2) is 0 Å². The Morgan fingerprint density at radius 3 is 2.59 bits per heavy atom. The summed E-state index contributed by atoms with van der Waals surface area (Å²) in [6.07, 6.45) is 5.48. The summed E-state index contributed by atoms with van der Waals surface area (Å²) in [7, 11) is 0. The number of rotatable bonds is 1. The number of carbonyl (C=O) groups is 2. The van der Waals surface area contributed by atoms with E-state index in [0.29, 0.717) is 38.3 Å². The van der Waals surface area contributed by atoms with Gasteiger partial charge in [-0.05, 0) is 31.1 Å². The van der Waals surface area contributed by atoms with Crippen molar-refractivity contribution in [3.8, 4) is 0 Å². The molecule has 0 aromatic carbocycles. The van der Waals surface area contributed by atoms with Gasteiger partial charge in [0.2, 0.25) is 11.7 Å². The van der Waals surface area contributed by atoms with Crippen molar-refractivity contribution in [1.29, 1.82) is 0 Å². The smallest absolute Gasteiger partial charge is 0.291 e. The first-order chi connectivity index (χ1) is 12.9. The van der Waals surface area contributed by atoms with Crippen molar-refractivity contribution < 1.29 is 9.59 Å². The summed E-state index contributed by atoms with van der Waals surface area (Å²) in [5.41, 5.74) is -0.530. The second-order valence-corrected chi connectivity index (χ2v) is 8.98. The van der Waals surface area contributed by atoms with Crippen molar-refractivity contribution in [2.45, 2.75) is 64.5 Å². The molecule has 8 nitrogen and oxygen atoms in total. The molecule has 4 rings (SSSR count). The van der Waals surface area contributed by atoms with Gasteiger partial charge in [-0.2, -0.15) is 0 Å². The number of aromatic nitrogens is 3. The predicted octanol–water partition coefficient (Wildman–Crippen LogP) is 0.725. The first kappa shape index (κ1) is 18.4. The van der Waals surface area contributed by atoms with E-state index >= 15 is 0 Å². The van der Waals surface area contributed by atoms with Gasteiger partial charge in [0.25, 0.3) is 5.91 Å². The van der Waals surface area contributed by atoms with Crippen LogP contribution in [0.25, 0.3) is 0 Å². The summed E-state index contributed by atoms with van der Waals surface area (Å²) in [5, 5.41) is 15.0. The van der Waals surface area contributed by atoms with E-state index in [1.807, 2.05) is 9.47 Å². The zero-order valence-corrected chi connectivity index (χ0v) is 16.4. The summed E-state index contributed by atoms with van der Waals surface area (Å²) in [6, 6.07) is 0. The topological polar surface area (TPSA) is 92.2 Å². The van der Waals surface area contributed by atoms with Gasteiger partial charge in [-0.25, -0.2) is 0 Å². The average molecular weight is 374 g/mol. The largest absolute Gasteiger partial charge is 0.354 e. The fourth-order valence-electron chi connectivity index (χ4n) is 4.32. The van der Waals surface area contributed by atoms with Crippen LogP contribution < -0.4 is 10.6 Å². The van der Waals surface area contributed by atoms with Gasteiger partial charge in [-0.15, -0.1) is 10.2 Å². The van der Waals surface area contributed by atoms with Crippen molar-refractivity contribution in [2.24, 2.45) is 5.41 Å². The molecule has 1 aromatic rings. The number of hydrogen-bond donors (Lipinski definition) is 2. The van der Waals surface area contributed by atoms with Crippen LogP contribution in [-0.4, -0.2) is 63.2 Å².